The number of hydrogen-bond donors (Lipinski definition) is 0. The summed E-state index contributed by atoms with van der Waals surface area (Å²) in [6.07, 6.45) is 3.95. The molecule has 30 heavy (non-hydrogen) atoms. The second-order valence-electron chi connectivity index (χ2n) is 8.56. The molecule has 0 radical (unpaired) electrons. The molecule has 3 rings (SSSR count). The van der Waals surface area contributed by atoms with Gasteiger partial charge in [0, 0.05) is 12.6 Å². The van der Waals surface area contributed by atoms with Gasteiger partial charge in [0.15, 0.2) is 5.69 Å². The highest BCUT2D eigenvalue weighted by molar-refractivity contribution is 5.95. The molecule has 1 saturated carbocycles. The molecule has 0 saturated heterocycles. The number of hydrogen-bond acceptors (Lipinski definition) is 6. The zero-order valence-corrected chi connectivity index (χ0v) is 18.3. The Hall–Kier alpha value is -2.83. The molecular formula is C23H30N2O5. The van der Waals surface area contributed by atoms with Gasteiger partial charge in [0.1, 0.15) is 11.4 Å². The van der Waals surface area contributed by atoms with Crippen molar-refractivity contribution in [2.24, 2.45) is 13.0 Å². The number of carbonyl (C=O) groups is 2. The zero-order valence-electron chi connectivity index (χ0n) is 18.3. The van der Waals surface area contributed by atoms with E-state index >= 15 is 0 Å². The summed E-state index contributed by atoms with van der Waals surface area (Å²) in [5.74, 6) is 0.107. The van der Waals surface area contributed by atoms with Crippen molar-refractivity contribution >= 4 is 11.9 Å². The highest BCUT2D eigenvalue weighted by Gasteiger charge is 2.32. The first-order chi connectivity index (χ1) is 14.2. The Morgan fingerprint density at radius 3 is 2.50 bits per heavy atom. The first kappa shape index (κ1) is 21.9. The molecule has 2 aromatic rings. The van der Waals surface area contributed by atoms with E-state index in [2.05, 4.69) is 5.10 Å². The number of nitrogens with zero attached hydrogens (tertiary/aromatic N) is 2. The highest BCUT2D eigenvalue weighted by atomic mass is 16.6. The van der Waals surface area contributed by atoms with E-state index in [9.17, 15) is 9.59 Å². The van der Waals surface area contributed by atoms with Crippen molar-refractivity contribution in [1.29, 1.82) is 0 Å². The lowest BCUT2D eigenvalue weighted by Crippen LogP contribution is -2.25. The minimum Gasteiger partial charge on any atom is -0.490 e. The molecule has 1 aliphatic rings. The summed E-state index contributed by atoms with van der Waals surface area (Å²) in [6, 6.07) is 7.55. The normalized spacial score (nSPS) is 18.8. The Labute approximate surface area is 177 Å². The minimum absolute atomic E-state index is 0.000900. The third kappa shape index (κ3) is 5.20. The number of aryl methyl sites for hydroxylation is 1. The van der Waals surface area contributed by atoms with Crippen molar-refractivity contribution in [1.82, 2.24) is 9.78 Å². The van der Waals surface area contributed by atoms with Crippen LogP contribution in [0.4, 0.5) is 0 Å². The summed E-state index contributed by atoms with van der Waals surface area (Å²) in [4.78, 5) is 24.5. The monoisotopic (exact) mass is 414 g/mol. The number of rotatable bonds is 6. The number of esters is 2. The lowest BCUT2D eigenvalue weighted by molar-refractivity contribution is -0.147. The van der Waals surface area contributed by atoms with Gasteiger partial charge in [-0.2, -0.15) is 5.10 Å². The molecule has 1 aromatic heterocycles. The van der Waals surface area contributed by atoms with Crippen LogP contribution in [-0.2, 0) is 21.3 Å². The second kappa shape index (κ2) is 8.90. The number of benzene rings is 1. The Kier molecular flexibility index (Phi) is 6.48. The first-order valence-electron chi connectivity index (χ1n) is 10.4. The molecule has 0 bridgehead atoms. The van der Waals surface area contributed by atoms with Crippen LogP contribution in [0.5, 0.6) is 5.75 Å². The molecule has 0 aliphatic heterocycles. The topological polar surface area (TPSA) is 79.7 Å². The molecule has 162 valence electrons. The van der Waals surface area contributed by atoms with Crippen LogP contribution in [0.25, 0.3) is 11.1 Å². The number of aromatic nitrogens is 2. The van der Waals surface area contributed by atoms with Crippen LogP contribution in [0.2, 0.25) is 0 Å². The van der Waals surface area contributed by atoms with Crippen molar-refractivity contribution < 1.29 is 23.8 Å². The summed E-state index contributed by atoms with van der Waals surface area (Å²) in [5.41, 5.74) is 1.39. The maximum atomic E-state index is 12.6. The van der Waals surface area contributed by atoms with Crippen LogP contribution >= 0.6 is 0 Å². The van der Waals surface area contributed by atoms with E-state index in [1.807, 2.05) is 52.0 Å². The van der Waals surface area contributed by atoms with Crippen molar-refractivity contribution in [2.45, 2.75) is 58.7 Å². The maximum absolute atomic E-state index is 12.6. The number of carbonyl (C=O) groups excluding carboxylic acids is 2. The molecule has 2 atom stereocenters. The predicted molar refractivity (Wildman–Crippen MR) is 112 cm³/mol. The summed E-state index contributed by atoms with van der Waals surface area (Å²) in [6.45, 7) is 7.73. The molecule has 0 amide bonds. The molecule has 0 N–H and O–H groups in total. The smallest absolute Gasteiger partial charge is 0.357 e. The molecule has 1 fully saturated rings. The quantitative estimate of drug-likeness (QED) is 0.661. The van der Waals surface area contributed by atoms with E-state index in [0.29, 0.717) is 24.3 Å². The van der Waals surface area contributed by atoms with Gasteiger partial charge in [0.2, 0.25) is 0 Å². The molecule has 1 aromatic carbocycles. The predicted octanol–water partition coefficient (Wildman–Crippen LogP) is 4.15. The highest BCUT2D eigenvalue weighted by Crippen LogP contribution is 2.32. The lowest BCUT2D eigenvalue weighted by Gasteiger charge is -2.20. The fourth-order valence-electron chi connectivity index (χ4n) is 3.64. The van der Waals surface area contributed by atoms with E-state index in [1.165, 1.54) is 4.68 Å². The van der Waals surface area contributed by atoms with Gasteiger partial charge in [-0.05, 0) is 64.7 Å². The summed E-state index contributed by atoms with van der Waals surface area (Å²) in [5, 5.41) is 4.23. The zero-order chi connectivity index (χ0) is 21.9. The summed E-state index contributed by atoms with van der Waals surface area (Å²) in [7, 11) is 1.72. The molecule has 1 unspecified atom stereocenters. The van der Waals surface area contributed by atoms with Crippen molar-refractivity contribution in [3.05, 3.63) is 36.2 Å². The van der Waals surface area contributed by atoms with Gasteiger partial charge in [-0.25, -0.2) is 4.79 Å². The van der Waals surface area contributed by atoms with Crippen LogP contribution in [0.15, 0.2) is 30.5 Å². The Bertz CT molecular complexity index is 895. The van der Waals surface area contributed by atoms with E-state index < -0.39 is 11.6 Å². The number of ether oxygens (including phenoxy) is 3. The summed E-state index contributed by atoms with van der Waals surface area (Å²) < 4.78 is 18.2. The largest absolute Gasteiger partial charge is 0.490 e. The van der Waals surface area contributed by atoms with Gasteiger partial charge in [-0.3, -0.25) is 9.48 Å². The summed E-state index contributed by atoms with van der Waals surface area (Å²) >= 11 is 0. The van der Waals surface area contributed by atoms with Crippen LogP contribution < -0.4 is 4.74 Å². The van der Waals surface area contributed by atoms with Crippen molar-refractivity contribution in [3.8, 4) is 16.9 Å². The van der Waals surface area contributed by atoms with Gasteiger partial charge in [-0.15, -0.1) is 0 Å². The average Bonchev–Trinajstić information content (AvgIpc) is 3.28. The fraction of sp³-hybridized carbons (Fsp3) is 0.522. The fourth-order valence-corrected chi connectivity index (χ4v) is 3.64. The maximum Gasteiger partial charge on any atom is 0.357 e. The molecular weight excluding hydrogens is 384 g/mol. The van der Waals surface area contributed by atoms with E-state index in [1.54, 1.807) is 13.2 Å². The van der Waals surface area contributed by atoms with Crippen LogP contribution in [0.3, 0.4) is 0 Å². The third-order valence-electron chi connectivity index (χ3n) is 5.00. The lowest BCUT2D eigenvalue weighted by atomic mass is 10.1. The average molecular weight is 415 g/mol. The molecule has 0 spiro atoms. The van der Waals surface area contributed by atoms with Gasteiger partial charge in [0.05, 0.1) is 24.8 Å². The van der Waals surface area contributed by atoms with Crippen molar-refractivity contribution in [2.75, 3.05) is 6.61 Å². The van der Waals surface area contributed by atoms with E-state index in [-0.39, 0.29) is 18.0 Å². The molecule has 1 aliphatic carbocycles. The van der Waals surface area contributed by atoms with E-state index in [0.717, 1.165) is 24.2 Å². The SMILES string of the molecule is CCOC(=O)[C@@H]1CCC(Oc2ccc(-c3cnn(C)c3C(=O)OC(C)(C)C)cc2)C1. The Balaban J connectivity index is 1.69. The Morgan fingerprint density at radius 2 is 1.87 bits per heavy atom. The van der Waals surface area contributed by atoms with Gasteiger partial charge >= 0.3 is 11.9 Å². The Morgan fingerprint density at radius 1 is 1.17 bits per heavy atom. The minimum atomic E-state index is -0.584. The third-order valence-corrected chi connectivity index (χ3v) is 5.00. The standard InChI is InChI=1S/C23H30N2O5/c1-6-28-21(26)16-9-12-18(13-16)29-17-10-7-15(8-11-17)19-14-24-25(5)20(19)22(27)30-23(2,3)4/h7-8,10-11,14,16,18H,6,9,12-13H2,1-5H3/t16-,18?/m1/s1. The van der Waals surface area contributed by atoms with Gasteiger partial charge < -0.3 is 14.2 Å². The first-order valence-corrected chi connectivity index (χ1v) is 10.4. The second-order valence-corrected chi connectivity index (χ2v) is 8.56. The van der Waals surface area contributed by atoms with Crippen LogP contribution in [-0.4, -0.2) is 40.0 Å². The molecule has 1 heterocycles. The van der Waals surface area contributed by atoms with Crippen LogP contribution in [0, 0.1) is 5.92 Å². The molecule has 7 nitrogen and oxygen atoms in total. The van der Waals surface area contributed by atoms with Crippen molar-refractivity contribution in [3.63, 3.8) is 0 Å². The van der Waals surface area contributed by atoms with Gasteiger partial charge in [-0.1, -0.05) is 12.1 Å². The van der Waals surface area contributed by atoms with E-state index in [4.69, 9.17) is 14.2 Å². The van der Waals surface area contributed by atoms with Crippen LogP contribution in [0.1, 0.15) is 57.4 Å². The van der Waals surface area contributed by atoms with Gasteiger partial charge in [0.25, 0.3) is 0 Å². The molecule has 7 heteroatoms.